The van der Waals surface area contributed by atoms with E-state index in [0.29, 0.717) is 0 Å². The Bertz CT molecular complexity index is 731. The molecule has 0 saturated heterocycles. The summed E-state index contributed by atoms with van der Waals surface area (Å²) in [4.78, 5) is 27.2. The van der Waals surface area contributed by atoms with Crippen molar-refractivity contribution in [3.05, 3.63) is 52.4 Å². The fraction of sp³-hybridized carbons (Fsp3) is 0.214. The number of nitrogens with zero attached hydrogens (tertiary/aromatic N) is 2. The molecule has 0 saturated carbocycles. The van der Waals surface area contributed by atoms with Gasteiger partial charge in [-0.05, 0) is 12.1 Å². The van der Waals surface area contributed by atoms with Gasteiger partial charge >= 0.3 is 0 Å². The Balaban J connectivity index is 2.09. The molecule has 2 heterocycles. The number of ether oxygens (including phenoxy) is 1. The third kappa shape index (κ3) is 4.11. The molecule has 0 aromatic carbocycles. The van der Waals surface area contributed by atoms with Crippen LogP contribution in [0.3, 0.4) is 0 Å². The lowest BCUT2D eigenvalue weighted by atomic mass is 10.2. The van der Waals surface area contributed by atoms with Gasteiger partial charge in [-0.25, -0.2) is 8.78 Å². The summed E-state index contributed by atoms with van der Waals surface area (Å²) in [7, 11) is 1.52. The van der Waals surface area contributed by atoms with Gasteiger partial charge < -0.3 is 14.6 Å². The molecular weight excluding hydrogens is 296 g/mol. The van der Waals surface area contributed by atoms with Crippen molar-refractivity contribution in [2.45, 2.75) is 6.43 Å². The number of pyridine rings is 2. The lowest BCUT2D eigenvalue weighted by molar-refractivity contribution is 0.0796. The number of hydrogen-bond donors (Lipinski definition) is 1. The van der Waals surface area contributed by atoms with Gasteiger partial charge in [-0.15, -0.1) is 0 Å². The normalized spacial score (nSPS) is 10.5. The maximum Gasteiger partial charge on any atom is 0.272 e. The highest BCUT2D eigenvalue weighted by molar-refractivity contribution is 6.03. The second-order valence-electron chi connectivity index (χ2n) is 4.38. The van der Waals surface area contributed by atoms with Crippen LogP contribution < -0.4 is 15.6 Å². The number of carbonyl (C=O) groups excluding carboxylic acids is 1. The Morgan fingerprint density at radius 1 is 1.36 bits per heavy atom. The van der Waals surface area contributed by atoms with Crippen LogP contribution in [0.5, 0.6) is 5.88 Å². The summed E-state index contributed by atoms with van der Waals surface area (Å²) in [6.07, 6.45) is -1.22. The molecular formula is C14H13F2N3O3. The van der Waals surface area contributed by atoms with Crippen LogP contribution in [0.4, 0.5) is 14.6 Å². The Hall–Kier alpha value is -2.77. The predicted octanol–water partition coefficient (Wildman–Crippen LogP) is 1.68. The first-order chi connectivity index (χ1) is 10.5. The van der Waals surface area contributed by atoms with E-state index in [9.17, 15) is 18.4 Å². The van der Waals surface area contributed by atoms with Gasteiger partial charge in [0.05, 0.1) is 5.56 Å². The summed E-state index contributed by atoms with van der Waals surface area (Å²) in [5.74, 6) is -0.335. The first kappa shape index (κ1) is 15.6. The first-order valence-electron chi connectivity index (χ1n) is 6.32. The predicted molar refractivity (Wildman–Crippen MR) is 75.4 cm³/mol. The maximum absolute atomic E-state index is 12.1. The number of carbonyl (C=O) groups is 1. The van der Waals surface area contributed by atoms with E-state index in [1.54, 1.807) is 0 Å². The van der Waals surface area contributed by atoms with E-state index < -0.39 is 18.9 Å². The Kier molecular flexibility index (Phi) is 4.82. The topological polar surface area (TPSA) is 73.2 Å². The smallest absolute Gasteiger partial charge is 0.272 e. The minimum absolute atomic E-state index is 0.0152. The van der Waals surface area contributed by atoms with Crippen LogP contribution in [0.1, 0.15) is 10.4 Å². The van der Waals surface area contributed by atoms with E-state index in [-0.39, 0.29) is 22.8 Å². The third-order valence-corrected chi connectivity index (χ3v) is 2.67. The molecule has 2 rings (SSSR count). The molecule has 1 N–H and O–H groups in total. The number of rotatable bonds is 5. The van der Waals surface area contributed by atoms with Crippen LogP contribution >= 0.6 is 0 Å². The van der Waals surface area contributed by atoms with E-state index in [4.69, 9.17) is 4.74 Å². The Morgan fingerprint density at radius 3 is 2.82 bits per heavy atom. The summed E-state index contributed by atoms with van der Waals surface area (Å²) in [5, 5.41) is 2.50. The van der Waals surface area contributed by atoms with Gasteiger partial charge in [0.2, 0.25) is 11.4 Å². The highest BCUT2D eigenvalue weighted by Gasteiger charge is 2.09. The molecule has 0 radical (unpaired) electrons. The van der Waals surface area contributed by atoms with Crippen LogP contribution in [0.25, 0.3) is 0 Å². The van der Waals surface area contributed by atoms with E-state index in [1.165, 1.54) is 48.1 Å². The maximum atomic E-state index is 12.1. The van der Waals surface area contributed by atoms with Crippen molar-refractivity contribution in [1.29, 1.82) is 0 Å². The van der Waals surface area contributed by atoms with E-state index in [2.05, 4.69) is 10.3 Å². The fourth-order valence-electron chi connectivity index (χ4n) is 1.63. The first-order valence-corrected chi connectivity index (χ1v) is 6.32. The number of aromatic nitrogens is 2. The minimum atomic E-state index is -2.61. The molecule has 0 fully saturated rings. The van der Waals surface area contributed by atoms with Crippen LogP contribution in [-0.4, -0.2) is 28.5 Å². The van der Waals surface area contributed by atoms with E-state index >= 15 is 0 Å². The molecule has 116 valence electrons. The highest BCUT2D eigenvalue weighted by Crippen LogP contribution is 2.13. The van der Waals surface area contributed by atoms with E-state index in [1.807, 2.05) is 0 Å². The highest BCUT2D eigenvalue weighted by atomic mass is 19.3. The summed E-state index contributed by atoms with van der Waals surface area (Å²) in [6, 6.07) is 7.07. The van der Waals surface area contributed by atoms with Gasteiger partial charge in [-0.3, -0.25) is 9.59 Å². The van der Waals surface area contributed by atoms with Crippen molar-refractivity contribution in [3.8, 4) is 5.88 Å². The zero-order valence-electron chi connectivity index (χ0n) is 11.6. The molecule has 2 aromatic rings. The molecule has 0 spiro atoms. The van der Waals surface area contributed by atoms with E-state index in [0.717, 1.165) is 0 Å². The number of aryl methyl sites for hydroxylation is 1. The van der Waals surface area contributed by atoms with Crippen molar-refractivity contribution in [1.82, 2.24) is 9.55 Å². The van der Waals surface area contributed by atoms with Crippen LogP contribution in [0.15, 0.2) is 41.3 Å². The van der Waals surface area contributed by atoms with Gasteiger partial charge in [0.15, 0.2) is 6.61 Å². The van der Waals surface area contributed by atoms with Crippen molar-refractivity contribution >= 4 is 11.7 Å². The molecule has 2 aromatic heterocycles. The molecule has 0 aliphatic heterocycles. The van der Waals surface area contributed by atoms with Crippen molar-refractivity contribution in [2.24, 2.45) is 7.05 Å². The van der Waals surface area contributed by atoms with Gasteiger partial charge in [0, 0.05) is 25.4 Å². The number of anilines is 1. The summed E-state index contributed by atoms with van der Waals surface area (Å²) < 4.78 is 30.2. The van der Waals surface area contributed by atoms with Gasteiger partial charge in [0.25, 0.3) is 12.3 Å². The lowest BCUT2D eigenvalue weighted by Crippen LogP contribution is -2.20. The largest absolute Gasteiger partial charge is 0.472 e. The minimum Gasteiger partial charge on any atom is -0.472 e. The average molecular weight is 309 g/mol. The monoisotopic (exact) mass is 309 g/mol. The number of hydrogen-bond acceptors (Lipinski definition) is 4. The van der Waals surface area contributed by atoms with Crippen molar-refractivity contribution in [2.75, 3.05) is 11.9 Å². The second-order valence-corrected chi connectivity index (χ2v) is 4.38. The zero-order chi connectivity index (χ0) is 16.1. The standard InChI is InChI=1S/C14H13F2N3O3/c1-19-7-9(5-6-13(19)20)14(21)18-11-3-2-4-12(17-11)22-8-10(15)16/h2-7,10H,8H2,1H3,(H,17,18,21). The van der Waals surface area contributed by atoms with Crippen LogP contribution in [-0.2, 0) is 7.05 Å². The summed E-state index contributed by atoms with van der Waals surface area (Å²) >= 11 is 0. The molecule has 22 heavy (non-hydrogen) atoms. The zero-order valence-corrected chi connectivity index (χ0v) is 11.6. The lowest BCUT2D eigenvalue weighted by Gasteiger charge is -2.08. The number of amides is 1. The average Bonchev–Trinajstić information content (AvgIpc) is 2.48. The third-order valence-electron chi connectivity index (χ3n) is 2.67. The molecule has 0 atom stereocenters. The van der Waals surface area contributed by atoms with Gasteiger partial charge in [-0.2, -0.15) is 4.98 Å². The van der Waals surface area contributed by atoms with Crippen molar-refractivity contribution in [3.63, 3.8) is 0 Å². The molecule has 0 bridgehead atoms. The number of halogens is 2. The number of nitrogens with one attached hydrogen (secondary N) is 1. The molecule has 6 nitrogen and oxygen atoms in total. The van der Waals surface area contributed by atoms with Crippen LogP contribution in [0.2, 0.25) is 0 Å². The SMILES string of the molecule is Cn1cc(C(=O)Nc2cccc(OCC(F)F)n2)ccc1=O. The molecule has 0 unspecified atom stereocenters. The number of alkyl halides is 2. The fourth-order valence-corrected chi connectivity index (χ4v) is 1.63. The summed E-state index contributed by atoms with van der Waals surface area (Å²) in [5.41, 5.74) is 0.0277. The molecule has 1 amide bonds. The van der Waals surface area contributed by atoms with Crippen LogP contribution in [0, 0.1) is 0 Å². The van der Waals surface area contributed by atoms with Gasteiger partial charge in [-0.1, -0.05) is 6.07 Å². The second kappa shape index (κ2) is 6.79. The molecule has 0 aliphatic carbocycles. The molecule has 0 aliphatic rings. The Labute approximate surface area is 124 Å². The van der Waals surface area contributed by atoms with Gasteiger partial charge in [0.1, 0.15) is 5.82 Å². The van der Waals surface area contributed by atoms with Crippen molar-refractivity contribution < 1.29 is 18.3 Å². The Morgan fingerprint density at radius 2 is 2.14 bits per heavy atom. The summed E-state index contributed by atoms with van der Waals surface area (Å²) in [6.45, 7) is -0.773. The quantitative estimate of drug-likeness (QED) is 0.912. The molecule has 8 heteroatoms.